The summed E-state index contributed by atoms with van der Waals surface area (Å²) in [4.78, 5) is 61.1. The second-order valence-electron chi connectivity index (χ2n) is 10.9. The Labute approximate surface area is 247 Å². The number of ketones is 1. The highest BCUT2D eigenvalue weighted by Gasteiger charge is 2.37. The number of likely N-dealkylation sites (tertiary alicyclic amines) is 1. The normalized spacial score (nSPS) is 17.5. The van der Waals surface area contributed by atoms with Crippen LogP contribution < -0.4 is 16.0 Å². The highest BCUT2D eigenvalue weighted by molar-refractivity contribution is 5.93. The monoisotopic (exact) mass is 580 g/mol. The Hall–Kier alpha value is -2.91. The van der Waals surface area contributed by atoms with Gasteiger partial charge >= 0.3 is 12.0 Å². The number of carboxylic acids is 1. The first kappa shape index (κ1) is 38.1. The summed E-state index contributed by atoms with van der Waals surface area (Å²) < 4.78 is 0. The Bertz CT molecular complexity index is 840. The molecule has 41 heavy (non-hydrogen) atoms. The molecule has 2 rings (SSSR count). The van der Waals surface area contributed by atoms with Crippen LogP contribution in [0.1, 0.15) is 106 Å². The Morgan fingerprint density at radius 3 is 2.15 bits per heavy atom. The van der Waals surface area contributed by atoms with Gasteiger partial charge in [-0.05, 0) is 50.4 Å². The smallest absolute Gasteiger partial charge is 0.315 e. The van der Waals surface area contributed by atoms with Crippen molar-refractivity contribution in [2.75, 3.05) is 19.6 Å². The van der Waals surface area contributed by atoms with Gasteiger partial charge in [0.05, 0.1) is 12.6 Å². The molecule has 0 radical (unpaired) electrons. The van der Waals surface area contributed by atoms with Crippen molar-refractivity contribution >= 4 is 29.6 Å². The third kappa shape index (κ3) is 16.2. The number of hydrogen-bond acceptors (Lipinski definition) is 5. The summed E-state index contributed by atoms with van der Waals surface area (Å²) in [7, 11) is 0. The second kappa shape index (κ2) is 21.8. The molecule has 10 nitrogen and oxygen atoms in total. The number of amides is 4. The van der Waals surface area contributed by atoms with E-state index in [1.807, 2.05) is 27.7 Å². The maximum Gasteiger partial charge on any atom is 0.315 e. The molecule has 1 saturated carbocycles. The largest absolute Gasteiger partial charge is 0.481 e. The number of unbranched alkanes of at least 4 members (excludes halogenated alkanes) is 3. The van der Waals surface area contributed by atoms with Crippen molar-refractivity contribution in [1.29, 1.82) is 0 Å². The van der Waals surface area contributed by atoms with E-state index < -0.39 is 24.1 Å². The van der Waals surface area contributed by atoms with Gasteiger partial charge in [0.15, 0.2) is 5.78 Å². The fraction of sp³-hybridized carbons (Fsp3) is 0.774. The van der Waals surface area contributed by atoms with E-state index in [0.29, 0.717) is 19.5 Å². The quantitative estimate of drug-likeness (QED) is 0.164. The molecule has 0 aromatic rings. The van der Waals surface area contributed by atoms with E-state index in [-0.39, 0.29) is 48.3 Å². The van der Waals surface area contributed by atoms with Crippen LogP contribution in [0.5, 0.6) is 0 Å². The summed E-state index contributed by atoms with van der Waals surface area (Å²) in [5.41, 5.74) is 0. The average Bonchev–Trinajstić information content (AvgIpc) is 3.69. The van der Waals surface area contributed by atoms with Crippen molar-refractivity contribution in [1.82, 2.24) is 20.9 Å². The standard InChI is InChI=1S/C26H44N4O4.C3H6O2.C2H6/c1-5-6-7-8-9-11-19(4)16-27-25(33)21-12-10-15-30(21)22(31)17-28-26(34)29-23(18(2)3)24(32)20-13-14-20;1-2-3(4)5;1-2/h9,11,18-21,23H,5-8,10,12-17H2,1-4H3,(H,27,33)(H2,28,29,34);2H2,1H3,(H,4,5);1-2H3/b11-9-;;/t19?,21-,23?;;/m0../s1. The van der Waals surface area contributed by atoms with Crippen LogP contribution in [0.2, 0.25) is 0 Å². The molecule has 3 atom stereocenters. The van der Waals surface area contributed by atoms with Crippen molar-refractivity contribution in [2.24, 2.45) is 17.8 Å². The summed E-state index contributed by atoms with van der Waals surface area (Å²) in [5.74, 6) is -0.841. The molecule has 0 spiro atoms. The molecular formula is C31H56N4O6. The predicted molar refractivity (Wildman–Crippen MR) is 162 cm³/mol. The molecule has 0 aromatic heterocycles. The van der Waals surface area contributed by atoms with E-state index in [2.05, 4.69) is 41.9 Å². The van der Waals surface area contributed by atoms with E-state index >= 15 is 0 Å². The number of carbonyl (C=O) groups is 5. The van der Waals surface area contributed by atoms with Gasteiger partial charge in [0, 0.05) is 25.4 Å². The lowest BCUT2D eigenvalue weighted by Gasteiger charge is -2.25. The first-order valence-corrected chi connectivity index (χ1v) is 15.5. The topological polar surface area (TPSA) is 145 Å². The number of allylic oxidation sites excluding steroid dienone is 1. The minimum Gasteiger partial charge on any atom is -0.481 e. The highest BCUT2D eigenvalue weighted by Crippen LogP contribution is 2.32. The van der Waals surface area contributed by atoms with E-state index in [9.17, 15) is 24.0 Å². The van der Waals surface area contributed by atoms with Crippen LogP contribution in [0.3, 0.4) is 0 Å². The average molecular weight is 581 g/mol. The summed E-state index contributed by atoms with van der Waals surface area (Å²) in [6, 6.07) is -1.57. The fourth-order valence-electron chi connectivity index (χ4n) is 4.26. The number of carbonyl (C=O) groups excluding carboxylic acids is 4. The van der Waals surface area contributed by atoms with Crippen LogP contribution in [0.4, 0.5) is 4.79 Å². The summed E-state index contributed by atoms with van der Waals surface area (Å²) in [6.07, 6.45) is 12.4. The molecule has 2 fully saturated rings. The number of aliphatic carboxylic acids is 1. The maximum atomic E-state index is 12.7. The van der Waals surface area contributed by atoms with Crippen molar-refractivity contribution < 1.29 is 29.1 Å². The summed E-state index contributed by atoms with van der Waals surface area (Å²) >= 11 is 0. The zero-order valence-electron chi connectivity index (χ0n) is 26.5. The van der Waals surface area contributed by atoms with Crippen molar-refractivity contribution in [2.45, 2.75) is 118 Å². The molecular weight excluding hydrogens is 524 g/mol. The lowest BCUT2D eigenvalue weighted by Crippen LogP contribution is -2.53. The summed E-state index contributed by atoms with van der Waals surface area (Å²) in [5, 5.41) is 16.0. The van der Waals surface area contributed by atoms with Gasteiger partial charge in [-0.1, -0.05) is 73.5 Å². The Balaban J connectivity index is 0.00000205. The minimum atomic E-state index is -0.745. The van der Waals surface area contributed by atoms with Gasteiger partial charge in [0.25, 0.3) is 0 Å². The van der Waals surface area contributed by atoms with Gasteiger partial charge < -0.3 is 26.0 Å². The Morgan fingerprint density at radius 2 is 1.61 bits per heavy atom. The minimum absolute atomic E-state index is 0.0187. The molecule has 0 bridgehead atoms. The zero-order valence-corrected chi connectivity index (χ0v) is 26.5. The molecule has 10 heteroatoms. The van der Waals surface area contributed by atoms with Gasteiger partial charge in [-0.15, -0.1) is 0 Å². The number of nitrogens with zero attached hydrogens (tertiary/aromatic N) is 1. The Morgan fingerprint density at radius 1 is 0.976 bits per heavy atom. The molecule has 2 aliphatic rings. The molecule has 236 valence electrons. The van der Waals surface area contributed by atoms with Gasteiger partial charge in [-0.25, -0.2) is 4.79 Å². The molecule has 2 unspecified atom stereocenters. The molecule has 0 aromatic carbocycles. The molecule has 1 aliphatic carbocycles. The third-order valence-electron chi connectivity index (χ3n) is 6.86. The van der Waals surface area contributed by atoms with Gasteiger partial charge in [0.2, 0.25) is 11.8 Å². The lowest BCUT2D eigenvalue weighted by molar-refractivity contribution is -0.137. The third-order valence-corrected chi connectivity index (χ3v) is 6.86. The van der Waals surface area contributed by atoms with Crippen LogP contribution >= 0.6 is 0 Å². The SMILES string of the molecule is CC.CCC(=O)O.CCCCC/C=C\C(C)CNC(=O)[C@@H]1CCCN1C(=O)CNC(=O)NC(C(=O)C1CC1)C(C)C. The van der Waals surface area contributed by atoms with Gasteiger partial charge in [-0.3, -0.25) is 19.2 Å². The predicted octanol–water partition coefficient (Wildman–Crippen LogP) is 4.68. The van der Waals surface area contributed by atoms with Gasteiger partial charge in [0.1, 0.15) is 6.04 Å². The van der Waals surface area contributed by atoms with Crippen LogP contribution in [0.15, 0.2) is 12.2 Å². The molecule has 1 aliphatic heterocycles. The van der Waals surface area contributed by atoms with Crippen LogP contribution in [-0.4, -0.2) is 71.3 Å². The first-order valence-electron chi connectivity index (χ1n) is 15.5. The highest BCUT2D eigenvalue weighted by atomic mass is 16.4. The van der Waals surface area contributed by atoms with Crippen LogP contribution in [-0.2, 0) is 19.2 Å². The molecule has 4 amide bonds. The lowest BCUT2D eigenvalue weighted by atomic mass is 9.97. The molecule has 1 heterocycles. The van der Waals surface area contributed by atoms with E-state index in [1.165, 1.54) is 19.3 Å². The number of carboxylic acid groups (broad SMARTS) is 1. The number of nitrogens with one attached hydrogen (secondary N) is 3. The number of hydrogen-bond donors (Lipinski definition) is 4. The fourth-order valence-corrected chi connectivity index (χ4v) is 4.26. The Kier molecular flexibility index (Phi) is 20.2. The molecule has 1 saturated heterocycles. The van der Waals surface area contributed by atoms with E-state index in [0.717, 1.165) is 25.7 Å². The maximum absolute atomic E-state index is 12.7. The van der Waals surface area contributed by atoms with Crippen LogP contribution in [0.25, 0.3) is 0 Å². The number of Topliss-reactive ketones (excluding diaryl/α,β-unsaturated/α-hetero) is 1. The second-order valence-corrected chi connectivity index (χ2v) is 10.9. The van der Waals surface area contributed by atoms with Gasteiger partial charge in [-0.2, -0.15) is 0 Å². The van der Waals surface area contributed by atoms with Crippen LogP contribution in [0, 0.1) is 17.8 Å². The summed E-state index contributed by atoms with van der Waals surface area (Å²) in [6.45, 7) is 14.5. The number of rotatable bonds is 15. The van der Waals surface area contributed by atoms with E-state index in [1.54, 1.807) is 11.8 Å². The van der Waals surface area contributed by atoms with E-state index in [4.69, 9.17) is 5.11 Å². The van der Waals surface area contributed by atoms with Crippen molar-refractivity contribution in [3.05, 3.63) is 12.2 Å². The molecule has 4 N–H and O–H groups in total. The van der Waals surface area contributed by atoms with Crippen molar-refractivity contribution in [3.8, 4) is 0 Å². The number of urea groups is 1. The van der Waals surface area contributed by atoms with Crippen molar-refractivity contribution in [3.63, 3.8) is 0 Å². The zero-order chi connectivity index (χ0) is 31.4. The first-order chi connectivity index (χ1) is 19.5.